The minimum absolute atomic E-state index is 0.265. The van der Waals surface area contributed by atoms with Gasteiger partial charge in [0.15, 0.2) is 0 Å². The fraction of sp³-hybridized carbons (Fsp3) is 0.188. The molecule has 0 heterocycles. The third-order valence-corrected chi connectivity index (χ3v) is 3.11. The number of carbonyl (C=O) groups excluding carboxylic acids is 1. The van der Waals surface area contributed by atoms with Crippen LogP contribution in [0.1, 0.15) is 11.1 Å². The van der Waals surface area contributed by atoms with Gasteiger partial charge in [-0.15, -0.1) is 0 Å². The van der Waals surface area contributed by atoms with Crippen molar-refractivity contribution in [2.45, 2.75) is 13.8 Å². The lowest BCUT2D eigenvalue weighted by atomic mass is 10.1. The number of ether oxygens (including phenoxy) is 1. The smallest absolute Gasteiger partial charge is 0.323 e. The Labute approximate surface area is 118 Å². The van der Waals surface area contributed by atoms with E-state index >= 15 is 0 Å². The van der Waals surface area contributed by atoms with E-state index in [1.54, 1.807) is 31.4 Å². The number of anilines is 2. The van der Waals surface area contributed by atoms with Crippen molar-refractivity contribution in [3.05, 3.63) is 53.6 Å². The summed E-state index contributed by atoms with van der Waals surface area (Å²) in [4.78, 5) is 11.9. The summed E-state index contributed by atoms with van der Waals surface area (Å²) in [5, 5.41) is 5.58. The first-order valence-corrected chi connectivity index (χ1v) is 6.38. The molecule has 2 aromatic carbocycles. The summed E-state index contributed by atoms with van der Waals surface area (Å²) in [6, 6.07) is 12.7. The summed E-state index contributed by atoms with van der Waals surface area (Å²) in [5.41, 5.74) is 3.84. The van der Waals surface area contributed by atoms with Gasteiger partial charge in [-0.1, -0.05) is 6.07 Å². The van der Waals surface area contributed by atoms with Crippen molar-refractivity contribution in [3.63, 3.8) is 0 Å². The van der Waals surface area contributed by atoms with Gasteiger partial charge in [-0.3, -0.25) is 0 Å². The second-order valence-electron chi connectivity index (χ2n) is 4.61. The van der Waals surface area contributed by atoms with Crippen molar-refractivity contribution in [2.24, 2.45) is 0 Å². The molecule has 0 aliphatic carbocycles. The number of methoxy groups -OCH3 is 1. The number of carbonyl (C=O) groups is 1. The van der Waals surface area contributed by atoms with Gasteiger partial charge >= 0.3 is 6.03 Å². The first kappa shape index (κ1) is 13.9. The Kier molecular flexibility index (Phi) is 4.25. The molecule has 4 heteroatoms. The molecule has 0 fully saturated rings. The minimum atomic E-state index is -0.265. The highest BCUT2D eigenvalue weighted by molar-refractivity contribution is 5.99. The molecule has 2 N–H and O–H groups in total. The molecule has 20 heavy (non-hydrogen) atoms. The number of amides is 2. The van der Waals surface area contributed by atoms with Crippen LogP contribution in [0.2, 0.25) is 0 Å². The van der Waals surface area contributed by atoms with Gasteiger partial charge in [-0.2, -0.15) is 0 Å². The molecule has 0 radical (unpaired) electrons. The monoisotopic (exact) mass is 270 g/mol. The number of benzene rings is 2. The average molecular weight is 270 g/mol. The molecular formula is C16H18N2O2. The zero-order chi connectivity index (χ0) is 14.5. The summed E-state index contributed by atoms with van der Waals surface area (Å²) in [6.07, 6.45) is 0. The summed E-state index contributed by atoms with van der Waals surface area (Å²) in [6.45, 7) is 4.05. The maximum atomic E-state index is 11.9. The quantitative estimate of drug-likeness (QED) is 0.887. The predicted molar refractivity (Wildman–Crippen MR) is 81.6 cm³/mol. The SMILES string of the molecule is COc1ccc(NC(=O)Nc2ccc(C)c(C)c2)cc1. The number of hydrogen-bond donors (Lipinski definition) is 2. The standard InChI is InChI=1S/C16H18N2O2/c1-11-4-5-14(10-12(11)2)18-16(19)17-13-6-8-15(20-3)9-7-13/h4-10H,1-3H3,(H2,17,18,19). The number of aryl methyl sites for hydroxylation is 2. The highest BCUT2D eigenvalue weighted by atomic mass is 16.5. The normalized spacial score (nSPS) is 9.95. The molecule has 0 aromatic heterocycles. The van der Waals surface area contributed by atoms with Crippen molar-refractivity contribution in [2.75, 3.05) is 17.7 Å². The summed E-state index contributed by atoms with van der Waals surface area (Å²) >= 11 is 0. The van der Waals surface area contributed by atoms with Crippen molar-refractivity contribution in [1.82, 2.24) is 0 Å². The summed E-state index contributed by atoms with van der Waals surface area (Å²) in [5.74, 6) is 0.755. The predicted octanol–water partition coefficient (Wildman–Crippen LogP) is 3.96. The van der Waals surface area contributed by atoms with Crippen LogP contribution in [0.4, 0.5) is 16.2 Å². The summed E-state index contributed by atoms with van der Waals surface area (Å²) < 4.78 is 5.07. The van der Waals surface area contributed by atoms with E-state index in [1.807, 2.05) is 32.0 Å². The third-order valence-electron chi connectivity index (χ3n) is 3.11. The van der Waals surface area contributed by atoms with Crippen LogP contribution in [0.25, 0.3) is 0 Å². The molecule has 2 aromatic rings. The van der Waals surface area contributed by atoms with Crippen LogP contribution in [-0.4, -0.2) is 13.1 Å². The van der Waals surface area contributed by atoms with E-state index in [9.17, 15) is 4.79 Å². The van der Waals surface area contributed by atoms with E-state index in [0.29, 0.717) is 5.69 Å². The molecule has 4 nitrogen and oxygen atoms in total. The van der Waals surface area contributed by atoms with E-state index in [2.05, 4.69) is 10.6 Å². The number of rotatable bonds is 3. The Balaban J connectivity index is 1.99. The van der Waals surface area contributed by atoms with Gasteiger partial charge in [0, 0.05) is 11.4 Å². The Morgan fingerprint density at radius 3 is 2.10 bits per heavy atom. The van der Waals surface area contributed by atoms with E-state index in [-0.39, 0.29) is 6.03 Å². The van der Waals surface area contributed by atoms with Crippen molar-refractivity contribution in [1.29, 1.82) is 0 Å². The maximum absolute atomic E-state index is 11.9. The lowest BCUT2D eigenvalue weighted by Crippen LogP contribution is -2.19. The van der Waals surface area contributed by atoms with Crippen molar-refractivity contribution < 1.29 is 9.53 Å². The van der Waals surface area contributed by atoms with Crippen LogP contribution in [-0.2, 0) is 0 Å². The fourth-order valence-corrected chi connectivity index (χ4v) is 1.79. The molecule has 2 amide bonds. The molecular weight excluding hydrogens is 252 g/mol. The third kappa shape index (κ3) is 3.51. The van der Waals surface area contributed by atoms with Gasteiger partial charge < -0.3 is 15.4 Å². The average Bonchev–Trinajstić information content (AvgIpc) is 2.44. The van der Waals surface area contributed by atoms with E-state index in [1.165, 1.54) is 5.56 Å². The van der Waals surface area contributed by atoms with E-state index in [4.69, 9.17) is 4.74 Å². The Morgan fingerprint density at radius 1 is 0.900 bits per heavy atom. The van der Waals surface area contributed by atoms with Gasteiger partial charge in [0.1, 0.15) is 5.75 Å². The van der Waals surface area contributed by atoms with Gasteiger partial charge in [0.05, 0.1) is 7.11 Å². The Hall–Kier alpha value is -2.49. The Bertz CT molecular complexity index is 606. The number of hydrogen-bond acceptors (Lipinski definition) is 2. The van der Waals surface area contributed by atoms with E-state index < -0.39 is 0 Å². The zero-order valence-electron chi connectivity index (χ0n) is 11.9. The van der Waals surface area contributed by atoms with Gasteiger partial charge in [-0.25, -0.2) is 4.79 Å². The number of urea groups is 1. The van der Waals surface area contributed by atoms with Gasteiger partial charge in [-0.05, 0) is 61.4 Å². The molecule has 0 saturated heterocycles. The van der Waals surface area contributed by atoms with Crippen LogP contribution in [0.15, 0.2) is 42.5 Å². The lowest BCUT2D eigenvalue weighted by Gasteiger charge is -2.09. The van der Waals surface area contributed by atoms with Gasteiger partial charge in [0.25, 0.3) is 0 Å². The molecule has 0 spiro atoms. The highest BCUT2D eigenvalue weighted by Gasteiger charge is 2.03. The zero-order valence-corrected chi connectivity index (χ0v) is 11.9. The topological polar surface area (TPSA) is 50.4 Å². The van der Waals surface area contributed by atoms with E-state index in [0.717, 1.165) is 17.0 Å². The largest absolute Gasteiger partial charge is 0.497 e. The Morgan fingerprint density at radius 2 is 1.50 bits per heavy atom. The first-order valence-electron chi connectivity index (χ1n) is 6.38. The molecule has 0 unspecified atom stereocenters. The molecule has 104 valence electrons. The molecule has 2 rings (SSSR count). The number of nitrogens with one attached hydrogen (secondary N) is 2. The molecule has 0 aliphatic heterocycles. The van der Waals surface area contributed by atoms with Crippen LogP contribution in [0.5, 0.6) is 5.75 Å². The fourth-order valence-electron chi connectivity index (χ4n) is 1.79. The lowest BCUT2D eigenvalue weighted by molar-refractivity contribution is 0.262. The molecule has 0 atom stereocenters. The van der Waals surface area contributed by atoms with Crippen LogP contribution in [0.3, 0.4) is 0 Å². The summed E-state index contributed by atoms with van der Waals surface area (Å²) in [7, 11) is 1.61. The molecule has 0 saturated carbocycles. The minimum Gasteiger partial charge on any atom is -0.497 e. The first-order chi connectivity index (χ1) is 9.58. The maximum Gasteiger partial charge on any atom is 0.323 e. The van der Waals surface area contributed by atoms with Crippen LogP contribution >= 0.6 is 0 Å². The molecule has 0 bridgehead atoms. The highest BCUT2D eigenvalue weighted by Crippen LogP contribution is 2.17. The van der Waals surface area contributed by atoms with Gasteiger partial charge in [0.2, 0.25) is 0 Å². The van der Waals surface area contributed by atoms with Crippen molar-refractivity contribution >= 4 is 17.4 Å². The van der Waals surface area contributed by atoms with Crippen molar-refractivity contribution in [3.8, 4) is 5.75 Å². The van der Waals surface area contributed by atoms with Crippen LogP contribution < -0.4 is 15.4 Å². The second kappa shape index (κ2) is 6.10. The molecule has 0 aliphatic rings. The van der Waals surface area contributed by atoms with Crippen LogP contribution in [0, 0.1) is 13.8 Å². The second-order valence-corrected chi connectivity index (χ2v) is 4.61.